The van der Waals surface area contributed by atoms with E-state index in [1.807, 2.05) is 44.2 Å². The van der Waals surface area contributed by atoms with Gasteiger partial charge in [0, 0.05) is 5.56 Å². The van der Waals surface area contributed by atoms with Gasteiger partial charge in [-0.1, -0.05) is 17.7 Å². The lowest BCUT2D eigenvalue weighted by atomic mass is 10.1. The van der Waals surface area contributed by atoms with Gasteiger partial charge in [0.05, 0.1) is 13.7 Å². The standard InChI is InChI=1S/C18H21NO3/c1-13-4-7-16(8-5-13)22-11-10-19-18(20)15-6-9-17(21-3)14(2)12-15/h4-9,12H,10-11H2,1-3H3,(H,19,20). The molecule has 0 aromatic heterocycles. The normalized spacial score (nSPS) is 10.1. The molecular weight excluding hydrogens is 278 g/mol. The highest BCUT2D eigenvalue weighted by Crippen LogP contribution is 2.18. The number of rotatable bonds is 6. The summed E-state index contributed by atoms with van der Waals surface area (Å²) in [6.45, 7) is 4.83. The van der Waals surface area contributed by atoms with Crippen LogP contribution in [0, 0.1) is 13.8 Å². The first kappa shape index (κ1) is 15.9. The fraction of sp³-hybridized carbons (Fsp3) is 0.278. The second kappa shape index (κ2) is 7.50. The van der Waals surface area contributed by atoms with Gasteiger partial charge >= 0.3 is 0 Å². The second-order valence-electron chi connectivity index (χ2n) is 5.10. The lowest BCUT2D eigenvalue weighted by molar-refractivity contribution is 0.0947. The maximum Gasteiger partial charge on any atom is 0.251 e. The van der Waals surface area contributed by atoms with Crippen molar-refractivity contribution in [1.82, 2.24) is 5.32 Å². The van der Waals surface area contributed by atoms with E-state index in [0.717, 1.165) is 17.1 Å². The molecule has 22 heavy (non-hydrogen) atoms. The molecule has 2 aromatic carbocycles. The van der Waals surface area contributed by atoms with Crippen LogP contribution >= 0.6 is 0 Å². The van der Waals surface area contributed by atoms with Crippen molar-refractivity contribution in [2.75, 3.05) is 20.3 Å². The van der Waals surface area contributed by atoms with Crippen molar-refractivity contribution in [3.05, 3.63) is 59.2 Å². The largest absolute Gasteiger partial charge is 0.496 e. The predicted molar refractivity (Wildman–Crippen MR) is 86.7 cm³/mol. The van der Waals surface area contributed by atoms with Crippen LogP contribution in [0.4, 0.5) is 0 Å². The van der Waals surface area contributed by atoms with Crippen molar-refractivity contribution >= 4 is 5.91 Å². The average molecular weight is 299 g/mol. The van der Waals surface area contributed by atoms with Gasteiger partial charge in [-0.05, 0) is 49.7 Å². The molecule has 0 radical (unpaired) electrons. The summed E-state index contributed by atoms with van der Waals surface area (Å²) in [6.07, 6.45) is 0. The van der Waals surface area contributed by atoms with Crippen LogP contribution in [0.15, 0.2) is 42.5 Å². The highest BCUT2D eigenvalue weighted by Gasteiger charge is 2.07. The Bertz CT molecular complexity index is 635. The van der Waals surface area contributed by atoms with E-state index < -0.39 is 0 Å². The number of benzene rings is 2. The van der Waals surface area contributed by atoms with E-state index in [4.69, 9.17) is 9.47 Å². The Morgan fingerprint density at radius 2 is 1.82 bits per heavy atom. The quantitative estimate of drug-likeness (QED) is 0.834. The minimum atomic E-state index is -0.113. The number of hydrogen-bond acceptors (Lipinski definition) is 3. The molecule has 0 heterocycles. The summed E-state index contributed by atoms with van der Waals surface area (Å²) in [5, 5.41) is 2.84. The summed E-state index contributed by atoms with van der Waals surface area (Å²) in [6, 6.07) is 13.2. The van der Waals surface area contributed by atoms with Crippen LogP contribution in [-0.2, 0) is 0 Å². The van der Waals surface area contributed by atoms with Gasteiger partial charge in [0.2, 0.25) is 0 Å². The first-order chi connectivity index (χ1) is 10.6. The number of nitrogens with one attached hydrogen (secondary N) is 1. The summed E-state index contributed by atoms with van der Waals surface area (Å²) in [5.41, 5.74) is 2.75. The van der Waals surface area contributed by atoms with E-state index in [1.165, 1.54) is 5.56 Å². The summed E-state index contributed by atoms with van der Waals surface area (Å²) in [4.78, 5) is 12.0. The highest BCUT2D eigenvalue weighted by molar-refractivity contribution is 5.94. The van der Waals surface area contributed by atoms with Crippen LogP contribution in [0.3, 0.4) is 0 Å². The van der Waals surface area contributed by atoms with E-state index in [9.17, 15) is 4.79 Å². The summed E-state index contributed by atoms with van der Waals surface area (Å²) < 4.78 is 10.8. The maximum atomic E-state index is 12.0. The molecule has 0 saturated heterocycles. The van der Waals surface area contributed by atoms with Gasteiger partial charge in [0.15, 0.2) is 0 Å². The van der Waals surface area contributed by atoms with Crippen molar-refractivity contribution in [2.45, 2.75) is 13.8 Å². The number of carbonyl (C=O) groups is 1. The number of hydrogen-bond donors (Lipinski definition) is 1. The number of aryl methyl sites for hydroxylation is 2. The molecule has 0 bridgehead atoms. The smallest absolute Gasteiger partial charge is 0.251 e. The van der Waals surface area contributed by atoms with Crippen LogP contribution < -0.4 is 14.8 Å². The van der Waals surface area contributed by atoms with Crippen LogP contribution in [0.5, 0.6) is 11.5 Å². The van der Waals surface area contributed by atoms with Crippen molar-refractivity contribution in [2.24, 2.45) is 0 Å². The van der Waals surface area contributed by atoms with Gasteiger partial charge < -0.3 is 14.8 Å². The molecule has 4 heteroatoms. The zero-order valence-corrected chi connectivity index (χ0v) is 13.2. The lowest BCUT2D eigenvalue weighted by Gasteiger charge is -2.09. The molecule has 0 spiro atoms. The molecule has 4 nitrogen and oxygen atoms in total. The molecule has 0 atom stereocenters. The third-order valence-corrected chi connectivity index (χ3v) is 3.33. The zero-order valence-electron chi connectivity index (χ0n) is 13.2. The number of carbonyl (C=O) groups excluding carboxylic acids is 1. The van der Waals surface area contributed by atoms with E-state index in [1.54, 1.807) is 19.2 Å². The monoisotopic (exact) mass is 299 g/mol. The molecule has 0 aliphatic rings. The fourth-order valence-electron chi connectivity index (χ4n) is 2.09. The van der Waals surface area contributed by atoms with Crippen molar-refractivity contribution in [3.8, 4) is 11.5 Å². The Hall–Kier alpha value is -2.49. The van der Waals surface area contributed by atoms with E-state index in [2.05, 4.69) is 5.32 Å². The van der Waals surface area contributed by atoms with Gasteiger partial charge in [-0.2, -0.15) is 0 Å². The number of methoxy groups -OCH3 is 1. The van der Waals surface area contributed by atoms with E-state index in [0.29, 0.717) is 18.7 Å². The number of amides is 1. The molecular formula is C18H21NO3. The van der Waals surface area contributed by atoms with Crippen LogP contribution in [0.25, 0.3) is 0 Å². The minimum Gasteiger partial charge on any atom is -0.496 e. The molecule has 0 fully saturated rings. The van der Waals surface area contributed by atoms with E-state index >= 15 is 0 Å². The van der Waals surface area contributed by atoms with Gasteiger partial charge in [-0.25, -0.2) is 0 Å². The van der Waals surface area contributed by atoms with Gasteiger partial charge in [-0.3, -0.25) is 4.79 Å². The van der Waals surface area contributed by atoms with Gasteiger partial charge in [-0.15, -0.1) is 0 Å². The maximum absolute atomic E-state index is 12.0. The zero-order chi connectivity index (χ0) is 15.9. The highest BCUT2D eigenvalue weighted by atomic mass is 16.5. The van der Waals surface area contributed by atoms with E-state index in [-0.39, 0.29) is 5.91 Å². The molecule has 2 rings (SSSR count). The predicted octanol–water partition coefficient (Wildman–Crippen LogP) is 3.12. The fourth-order valence-corrected chi connectivity index (χ4v) is 2.09. The molecule has 116 valence electrons. The Morgan fingerprint density at radius 1 is 1.09 bits per heavy atom. The topological polar surface area (TPSA) is 47.6 Å². The number of ether oxygens (including phenoxy) is 2. The third kappa shape index (κ3) is 4.25. The Labute approximate surface area is 131 Å². The summed E-state index contributed by atoms with van der Waals surface area (Å²) in [5.74, 6) is 1.47. The van der Waals surface area contributed by atoms with Crippen LogP contribution in [-0.4, -0.2) is 26.2 Å². The Morgan fingerprint density at radius 3 is 2.45 bits per heavy atom. The van der Waals surface area contributed by atoms with Crippen LogP contribution in [0.1, 0.15) is 21.5 Å². The third-order valence-electron chi connectivity index (χ3n) is 3.33. The molecule has 1 amide bonds. The Kier molecular flexibility index (Phi) is 5.42. The second-order valence-corrected chi connectivity index (χ2v) is 5.10. The molecule has 0 aliphatic carbocycles. The van der Waals surface area contributed by atoms with Crippen molar-refractivity contribution in [3.63, 3.8) is 0 Å². The molecule has 2 aromatic rings. The molecule has 0 aliphatic heterocycles. The lowest BCUT2D eigenvalue weighted by Crippen LogP contribution is -2.28. The SMILES string of the molecule is COc1ccc(C(=O)NCCOc2ccc(C)cc2)cc1C. The van der Waals surface area contributed by atoms with Gasteiger partial charge in [0.25, 0.3) is 5.91 Å². The Balaban J connectivity index is 1.80. The molecule has 0 saturated carbocycles. The average Bonchev–Trinajstić information content (AvgIpc) is 2.53. The molecule has 1 N–H and O–H groups in total. The first-order valence-corrected chi connectivity index (χ1v) is 7.22. The minimum absolute atomic E-state index is 0.113. The summed E-state index contributed by atoms with van der Waals surface area (Å²) >= 11 is 0. The molecule has 0 unspecified atom stereocenters. The van der Waals surface area contributed by atoms with Gasteiger partial charge in [0.1, 0.15) is 18.1 Å². The van der Waals surface area contributed by atoms with Crippen molar-refractivity contribution < 1.29 is 14.3 Å². The summed E-state index contributed by atoms with van der Waals surface area (Å²) in [7, 11) is 1.62. The first-order valence-electron chi connectivity index (χ1n) is 7.22. The van der Waals surface area contributed by atoms with Crippen LogP contribution in [0.2, 0.25) is 0 Å². The van der Waals surface area contributed by atoms with Crippen molar-refractivity contribution in [1.29, 1.82) is 0 Å².